The van der Waals surface area contributed by atoms with E-state index in [1.807, 2.05) is 30.6 Å². The van der Waals surface area contributed by atoms with Crippen molar-refractivity contribution in [1.29, 1.82) is 0 Å². The predicted molar refractivity (Wildman–Crippen MR) is 90.6 cm³/mol. The summed E-state index contributed by atoms with van der Waals surface area (Å²) in [6, 6.07) is 8.58. The maximum Gasteiger partial charge on any atom is 0.164 e. The van der Waals surface area contributed by atoms with Crippen LogP contribution in [-0.2, 0) is 6.42 Å². The van der Waals surface area contributed by atoms with Gasteiger partial charge in [-0.25, -0.2) is 9.97 Å². The third-order valence-corrected chi connectivity index (χ3v) is 4.71. The van der Waals surface area contributed by atoms with Gasteiger partial charge in [-0.2, -0.15) is 0 Å². The quantitative estimate of drug-likeness (QED) is 0.743. The highest BCUT2D eigenvalue weighted by Crippen LogP contribution is 2.24. The number of imidazole rings is 1. The van der Waals surface area contributed by atoms with Gasteiger partial charge in [0.2, 0.25) is 0 Å². The smallest absolute Gasteiger partial charge is 0.164 e. The van der Waals surface area contributed by atoms with Crippen LogP contribution >= 0.6 is 0 Å². The first-order valence-electron chi connectivity index (χ1n) is 8.33. The van der Waals surface area contributed by atoms with Gasteiger partial charge in [0.1, 0.15) is 11.3 Å². The monoisotopic (exact) mass is 307 g/mol. The Bertz CT molecular complexity index is 796. The molecule has 1 atom stereocenters. The van der Waals surface area contributed by atoms with Gasteiger partial charge in [0, 0.05) is 24.9 Å². The van der Waals surface area contributed by atoms with Gasteiger partial charge in [0.25, 0.3) is 0 Å². The molecule has 118 valence electrons. The van der Waals surface area contributed by atoms with Gasteiger partial charge in [-0.15, -0.1) is 0 Å². The number of rotatable bonds is 4. The second kappa shape index (κ2) is 6.08. The van der Waals surface area contributed by atoms with E-state index in [2.05, 4.69) is 32.4 Å². The number of aromatic nitrogens is 4. The molecule has 1 saturated heterocycles. The van der Waals surface area contributed by atoms with E-state index in [4.69, 9.17) is 4.98 Å². The zero-order chi connectivity index (χ0) is 15.6. The topological polar surface area (TPSA) is 46.8 Å². The Morgan fingerprint density at radius 1 is 1.22 bits per heavy atom. The summed E-state index contributed by atoms with van der Waals surface area (Å²) in [5.74, 6) is 1.08. The van der Waals surface area contributed by atoms with Gasteiger partial charge in [-0.1, -0.05) is 6.92 Å². The highest BCUT2D eigenvalue weighted by atomic mass is 15.2. The van der Waals surface area contributed by atoms with Crippen molar-refractivity contribution in [1.82, 2.24) is 24.4 Å². The standard InChI is InChI=1S/C18H21N5/c1-2-22-11-5-7-14(22)12-17-21-16-8-4-10-20-18(16)23(17)15-6-3-9-19-13-15/h3-4,6,8-10,13-14H,2,5,7,11-12H2,1H3. The number of hydrogen-bond acceptors (Lipinski definition) is 4. The van der Waals surface area contributed by atoms with Crippen molar-refractivity contribution in [2.45, 2.75) is 32.2 Å². The molecule has 0 bridgehead atoms. The second-order valence-electron chi connectivity index (χ2n) is 6.05. The highest BCUT2D eigenvalue weighted by Gasteiger charge is 2.26. The summed E-state index contributed by atoms with van der Waals surface area (Å²) < 4.78 is 2.16. The molecule has 0 amide bonds. The molecule has 4 heterocycles. The van der Waals surface area contributed by atoms with Crippen LogP contribution in [0.15, 0.2) is 42.9 Å². The first-order valence-corrected chi connectivity index (χ1v) is 8.33. The largest absolute Gasteiger partial charge is 0.300 e. The maximum absolute atomic E-state index is 4.87. The first-order chi connectivity index (χ1) is 11.4. The molecule has 5 heteroatoms. The highest BCUT2D eigenvalue weighted by molar-refractivity contribution is 5.73. The fourth-order valence-corrected chi connectivity index (χ4v) is 3.61. The molecule has 0 aliphatic carbocycles. The number of likely N-dealkylation sites (tertiary alicyclic amines) is 1. The van der Waals surface area contributed by atoms with E-state index in [1.165, 1.54) is 19.4 Å². The van der Waals surface area contributed by atoms with Crippen molar-refractivity contribution in [2.24, 2.45) is 0 Å². The first kappa shape index (κ1) is 14.3. The number of fused-ring (bicyclic) bond motifs is 1. The van der Waals surface area contributed by atoms with E-state index in [0.717, 1.165) is 35.6 Å². The Balaban J connectivity index is 1.79. The van der Waals surface area contributed by atoms with Crippen LogP contribution in [0.3, 0.4) is 0 Å². The summed E-state index contributed by atoms with van der Waals surface area (Å²) in [7, 11) is 0. The Morgan fingerprint density at radius 3 is 2.96 bits per heavy atom. The summed E-state index contributed by atoms with van der Waals surface area (Å²) >= 11 is 0. The molecule has 0 radical (unpaired) electrons. The molecule has 3 aromatic rings. The Hall–Kier alpha value is -2.27. The lowest BCUT2D eigenvalue weighted by molar-refractivity contribution is 0.263. The van der Waals surface area contributed by atoms with Crippen LogP contribution in [0, 0.1) is 0 Å². The lowest BCUT2D eigenvalue weighted by Crippen LogP contribution is -2.31. The molecule has 1 fully saturated rings. The molecule has 1 aliphatic heterocycles. The van der Waals surface area contributed by atoms with Crippen LogP contribution in [0.2, 0.25) is 0 Å². The molecule has 1 unspecified atom stereocenters. The summed E-state index contributed by atoms with van der Waals surface area (Å²) in [5.41, 5.74) is 2.90. The number of hydrogen-bond donors (Lipinski definition) is 0. The van der Waals surface area contributed by atoms with E-state index >= 15 is 0 Å². The molecule has 0 saturated carbocycles. The van der Waals surface area contributed by atoms with Crippen molar-refractivity contribution >= 4 is 11.2 Å². The van der Waals surface area contributed by atoms with Crippen LogP contribution in [0.5, 0.6) is 0 Å². The molecular weight excluding hydrogens is 286 g/mol. The molecule has 4 rings (SSSR count). The van der Waals surface area contributed by atoms with Gasteiger partial charge in [0.15, 0.2) is 5.65 Å². The third-order valence-electron chi connectivity index (χ3n) is 4.71. The Labute approximate surface area is 136 Å². The molecule has 23 heavy (non-hydrogen) atoms. The summed E-state index contributed by atoms with van der Waals surface area (Å²) in [6.07, 6.45) is 8.99. The Morgan fingerprint density at radius 2 is 2.13 bits per heavy atom. The minimum absolute atomic E-state index is 0.576. The van der Waals surface area contributed by atoms with Crippen molar-refractivity contribution in [2.75, 3.05) is 13.1 Å². The zero-order valence-electron chi connectivity index (χ0n) is 13.4. The molecule has 1 aliphatic rings. The van der Waals surface area contributed by atoms with Gasteiger partial charge < -0.3 is 4.90 Å². The average molecular weight is 307 g/mol. The van der Waals surface area contributed by atoms with E-state index in [0.29, 0.717) is 6.04 Å². The lowest BCUT2D eigenvalue weighted by atomic mass is 10.1. The van der Waals surface area contributed by atoms with Crippen LogP contribution in [0.4, 0.5) is 0 Å². The number of pyridine rings is 2. The van der Waals surface area contributed by atoms with Crippen molar-refractivity contribution in [3.05, 3.63) is 48.7 Å². The molecule has 5 nitrogen and oxygen atoms in total. The van der Waals surface area contributed by atoms with Crippen LogP contribution in [-0.4, -0.2) is 43.6 Å². The van der Waals surface area contributed by atoms with Gasteiger partial charge in [-0.3, -0.25) is 9.55 Å². The van der Waals surface area contributed by atoms with Crippen molar-refractivity contribution < 1.29 is 0 Å². The van der Waals surface area contributed by atoms with Crippen molar-refractivity contribution in [3.8, 4) is 5.69 Å². The number of likely N-dealkylation sites (N-methyl/N-ethyl adjacent to an activating group) is 1. The predicted octanol–water partition coefficient (Wildman–Crippen LogP) is 2.84. The van der Waals surface area contributed by atoms with Gasteiger partial charge in [0.05, 0.1) is 11.9 Å². The molecule has 0 N–H and O–H groups in total. The average Bonchev–Trinajstić information content (AvgIpc) is 3.19. The van der Waals surface area contributed by atoms with Crippen molar-refractivity contribution in [3.63, 3.8) is 0 Å². The molecule has 0 spiro atoms. The summed E-state index contributed by atoms with van der Waals surface area (Å²) in [5, 5.41) is 0. The van der Waals surface area contributed by atoms with Crippen LogP contribution in [0.25, 0.3) is 16.9 Å². The van der Waals surface area contributed by atoms with E-state index in [1.54, 1.807) is 6.20 Å². The van der Waals surface area contributed by atoms with E-state index < -0.39 is 0 Å². The SMILES string of the molecule is CCN1CCCC1Cc1nc2cccnc2n1-c1cccnc1. The fraction of sp³-hybridized carbons (Fsp3) is 0.389. The van der Waals surface area contributed by atoms with Crippen LogP contribution < -0.4 is 0 Å². The fourth-order valence-electron chi connectivity index (χ4n) is 3.61. The summed E-state index contributed by atoms with van der Waals surface area (Å²) in [4.78, 5) is 16.2. The van der Waals surface area contributed by atoms with Crippen LogP contribution in [0.1, 0.15) is 25.6 Å². The molecule has 3 aromatic heterocycles. The third kappa shape index (κ3) is 2.61. The normalized spacial score (nSPS) is 18.7. The van der Waals surface area contributed by atoms with E-state index in [-0.39, 0.29) is 0 Å². The maximum atomic E-state index is 4.87. The minimum atomic E-state index is 0.576. The minimum Gasteiger partial charge on any atom is -0.300 e. The molecular formula is C18H21N5. The van der Waals surface area contributed by atoms with Gasteiger partial charge >= 0.3 is 0 Å². The molecule has 0 aromatic carbocycles. The zero-order valence-corrected chi connectivity index (χ0v) is 13.4. The van der Waals surface area contributed by atoms with E-state index in [9.17, 15) is 0 Å². The lowest BCUT2D eigenvalue weighted by Gasteiger charge is -2.22. The number of nitrogens with zero attached hydrogens (tertiary/aromatic N) is 5. The van der Waals surface area contributed by atoms with Gasteiger partial charge in [-0.05, 0) is 50.2 Å². The second-order valence-corrected chi connectivity index (χ2v) is 6.05. The summed E-state index contributed by atoms with van der Waals surface area (Å²) in [6.45, 7) is 4.55. The Kier molecular flexibility index (Phi) is 3.79.